The maximum atomic E-state index is 5.27. The molecule has 0 bridgehead atoms. The minimum absolute atomic E-state index is 0.905. The number of nitrogens with zero attached hydrogens (tertiary/aromatic N) is 3. The minimum atomic E-state index is 0.905. The van der Waals surface area contributed by atoms with Gasteiger partial charge in [0.25, 0.3) is 0 Å². The predicted molar refractivity (Wildman–Crippen MR) is 190 cm³/mol. The monoisotopic (exact) mass is 573 g/mol. The molecule has 10 aromatic rings. The quantitative estimate of drug-likeness (QED) is 0.193. The molecule has 0 fully saturated rings. The summed E-state index contributed by atoms with van der Waals surface area (Å²) in [7, 11) is 0. The topological polar surface area (TPSA) is 30.2 Å². The van der Waals surface area contributed by atoms with Crippen molar-refractivity contribution in [1.82, 2.24) is 14.4 Å². The number of fused-ring (bicyclic) bond motifs is 12. The summed E-state index contributed by atoms with van der Waals surface area (Å²) >= 11 is 0. The summed E-state index contributed by atoms with van der Waals surface area (Å²) in [4.78, 5) is 10.3. The van der Waals surface area contributed by atoms with Crippen molar-refractivity contribution in [3.63, 3.8) is 0 Å². The molecule has 10 rings (SSSR count). The molecule has 0 amide bonds. The summed E-state index contributed by atoms with van der Waals surface area (Å²) in [5.41, 5.74) is 12.6. The summed E-state index contributed by atoms with van der Waals surface area (Å²) in [5.74, 6) is 0. The molecule has 0 aliphatic heterocycles. The zero-order chi connectivity index (χ0) is 29.8. The second-order valence-corrected chi connectivity index (χ2v) is 12.3. The largest absolute Gasteiger partial charge is 0.308 e. The van der Waals surface area contributed by atoms with Crippen LogP contribution >= 0.6 is 0 Å². The molecule has 0 atom stereocenters. The molecule has 0 unspecified atom stereocenters. The van der Waals surface area contributed by atoms with Gasteiger partial charge >= 0.3 is 0 Å². The van der Waals surface area contributed by atoms with Crippen LogP contribution in [0.2, 0.25) is 0 Å². The van der Waals surface area contributed by atoms with Crippen LogP contribution in [0, 0.1) is 13.8 Å². The summed E-state index contributed by atoms with van der Waals surface area (Å²) in [6.07, 6.45) is 1.94. The first-order valence-electron chi connectivity index (χ1n) is 15.5. The second kappa shape index (κ2) is 8.87. The fourth-order valence-electron chi connectivity index (χ4n) is 7.76. The molecule has 0 saturated carbocycles. The summed E-state index contributed by atoms with van der Waals surface area (Å²) in [6, 6.07) is 44.0. The minimum Gasteiger partial charge on any atom is -0.308 e. The molecule has 0 saturated heterocycles. The van der Waals surface area contributed by atoms with Crippen molar-refractivity contribution in [3.8, 4) is 22.4 Å². The van der Waals surface area contributed by atoms with Crippen LogP contribution < -0.4 is 0 Å². The van der Waals surface area contributed by atoms with Gasteiger partial charge in [-0.25, -0.2) is 4.98 Å². The first-order valence-corrected chi connectivity index (χ1v) is 15.5. The third kappa shape index (κ3) is 3.30. The van der Waals surface area contributed by atoms with Gasteiger partial charge in [-0.1, -0.05) is 97.1 Å². The van der Waals surface area contributed by atoms with Gasteiger partial charge < -0.3 is 4.40 Å². The van der Waals surface area contributed by atoms with Crippen molar-refractivity contribution in [3.05, 3.63) is 139 Å². The Balaban J connectivity index is 1.15. The van der Waals surface area contributed by atoms with Crippen molar-refractivity contribution in [1.29, 1.82) is 0 Å². The van der Waals surface area contributed by atoms with Crippen molar-refractivity contribution in [2.24, 2.45) is 0 Å². The SMILES string of the molecule is Cc1cc(-c2cnc3c4ccccc4c4ccccc4c3n2)c(C)cc1-c1ccc2c(c1)c1cccc3c4ccccc4n2c31. The second-order valence-electron chi connectivity index (χ2n) is 12.3. The highest BCUT2D eigenvalue weighted by Gasteiger charge is 2.19. The Morgan fingerprint density at radius 3 is 1.82 bits per heavy atom. The van der Waals surface area contributed by atoms with Gasteiger partial charge in [0.05, 0.1) is 39.5 Å². The van der Waals surface area contributed by atoms with Crippen molar-refractivity contribution >= 4 is 70.7 Å². The number of benzene rings is 7. The Labute approximate surface area is 259 Å². The zero-order valence-electron chi connectivity index (χ0n) is 25.0. The Morgan fingerprint density at radius 1 is 0.467 bits per heavy atom. The Morgan fingerprint density at radius 2 is 1.04 bits per heavy atom. The van der Waals surface area contributed by atoms with Crippen molar-refractivity contribution < 1.29 is 0 Å². The van der Waals surface area contributed by atoms with Gasteiger partial charge in [-0.05, 0) is 71.1 Å². The van der Waals surface area contributed by atoms with Crippen molar-refractivity contribution in [2.75, 3.05) is 0 Å². The van der Waals surface area contributed by atoms with Gasteiger partial charge in [0.15, 0.2) is 0 Å². The van der Waals surface area contributed by atoms with E-state index in [-0.39, 0.29) is 0 Å². The molecule has 0 aliphatic rings. The first-order chi connectivity index (χ1) is 22.2. The molecule has 3 nitrogen and oxygen atoms in total. The molecule has 0 spiro atoms. The number of hydrogen-bond donors (Lipinski definition) is 0. The Hall–Kier alpha value is -5.80. The molecule has 3 heterocycles. The average molecular weight is 574 g/mol. The van der Waals surface area contributed by atoms with Crippen LogP contribution in [-0.2, 0) is 0 Å². The van der Waals surface area contributed by atoms with Gasteiger partial charge in [0.1, 0.15) is 0 Å². The molecule has 210 valence electrons. The van der Waals surface area contributed by atoms with Crippen LogP contribution in [0.15, 0.2) is 128 Å². The van der Waals surface area contributed by atoms with Crippen molar-refractivity contribution in [2.45, 2.75) is 13.8 Å². The highest BCUT2D eigenvalue weighted by atomic mass is 14.9. The molecule has 0 radical (unpaired) electrons. The lowest BCUT2D eigenvalue weighted by Gasteiger charge is -2.14. The molecule has 0 aliphatic carbocycles. The van der Waals surface area contributed by atoms with Gasteiger partial charge in [-0.2, -0.15) is 0 Å². The number of aromatic nitrogens is 3. The van der Waals surface area contributed by atoms with Crippen LogP contribution in [0.3, 0.4) is 0 Å². The summed E-state index contributed by atoms with van der Waals surface area (Å²) in [5, 5.41) is 9.92. The lowest BCUT2D eigenvalue weighted by Crippen LogP contribution is -1.95. The van der Waals surface area contributed by atoms with Crippen LogP contribution in [0.5, 0.6) is 0 Å². The molecular weight excluding hydrogens is 546 g/mol. The Kier molecular flexibility index (Phi) is 4.85. The van der Waals surface area contributed by atoms with E-state index in [0.29, 0.717) is 0 Å². The smallest absolute Gasteiger partial charge is 0.0979 e. The van der Waals surface area contributed by atoms with E-state index in [1.165, 1.54) is 71.1 Å². The van der Waals surface area contributed by atoms with Crippen LogP contribution in [0.1, 0.15) is 11.1 Å². The fourth-order valence-corrected chi connectivity index (χ4v) is 7.76. The normalized spacial score (nSPS) is 12.2. The van der Waals surface area contributed by atoms with Gasteiger partial charge in [-0.3, -0.25) is 4.98 Å². The number of hydrogen-bond acceptors (Lipinski definition) is 2. The average Bonchev–Trinajstić information content (AvgIpc) is 3.61. The third-order valence-corrected chi connectivity index (χ3v) is 9.81. The summed E-state index contributed by atoms with van der Waals surface area (Å²) < 4.78 is 2.44. The Bertz CT molecular complexity index is 2800. The fraction of sp³-hybridized carbons (Fsp3) is 0.0476. The predicted octanol–water partition coefficient (Wildman–Crippen LogP) is 11.0. The van der Waals surface area contributed by atoms with E-state index in [4.69, 9.17) is 9.97 Å². The van der Waals surface area contributed by atoms with E-state index >= 15 is 0 Å². The standard InChI is InChI=1S/C42H27N3/c1-24-21-35(37-23-43-40-30-13-5-3-10-27(30)28-11-4-6-14-31(28)41(40)44-37)25(2)20-34(24)26-18-19-39-36(22-26)33-16-9-15-32-29-12-7-8-17-38(29)45(39)42(32)33/h3-23H,1-2H3. The maximum absolute atomic E-state index is 5.27. The third-order valence-electron chi connectivity index (χ3n) is 9.81. The highest BCUT2D eigenvalue weighted by Crippen LogP contribution is 2.41. The van der Waals surface area contributed by atoms with E-state index in [2.05, 4.69) is 140 Å². The number of para-hydroxylation sites is 2. The van der Waals surface area contributed by atoms with E-state index in [9.17, 15) is 0 Å². The molecular formula is C42H27N3. The molecule has 7 aromatic carbocycles. The molecule has 0 N–H and O–H groups in total. The first kappa shape index (κ1) is 24.6. The molecule has 3 heteroatoms. The number of rotatable bonds is 2. The lowest BCUT2D eigenvalue weighted by atomic mass is 9.93. The molecule has 3 aromatic heterocycles. The van der Waals surface area contributed by atoms with Crippen LogP contribution in [-0.4, -0.2) is 14.4 Å². The van der Waals surface area contributed by atoms with E-state index in [1.54, 1.807) is 0 Å². The van der Waals surface area contributed by atoms with Crippen LogP contribution in [0.25, 0.3) is 93.1 Å². The van der Waals surface area contributed by atoms with Crippen LogP contribution in [0.4, 0.5) is 0 Å². The lowest BCUT2D eigenvalue weighted by molar-refractivity contribution is 1.28. The number of aryl methyl sites for hydroxylation is 2. The zero-order valence-corrected chi connectivity index (χ0v) is 25.0. The highest BCUT2D eigenvalue weighted by molar-refractivity contribution is 6.24. The molecule has 45 heavy (non-hydrogen) atoms. The van der Waals surface area contributed by atoms with E-state index < -0.39 is 0 Å². The van der Waals surface area contributed by atoms with Gasteiger partial charge in [0, 0.05) is 37.9 Å². The van der Waals surface area contributed by atoms with E-state index in [1.807, 2.05) is 6.20 Å². The van der Waals surface area contributed by atoms with Gasteiger partial charge in [-0.15, -0.1) is 0 Å². The van der Waals surface area contributed by atoms with E-state index in [0.717, 1.165) is 33.1 Å². The maximum Gasteiger partial charge on any atom is 0.0979 e. The summed E-state index contributed by atoms with van der Waals surface area (Å²) in [6.45, 7) is 4.40. The van der Waals surface area contributed by atoms with Gasteiger partial charge in [0.2, 0.25) is 0 Å².